The molecular weight excluding hydrogens is 276 g/mol. The van der Waals surface area contributed by atoms with E-state index in [1.54, 1.807) is 0 Å². The van der Waals surface area contributed by atoms with E-state index >= 15 is 0 Å². The van der Waals surface area contributed by atoms with E-state index in [0.717, 1.165) is 23.7 Å². The Bertz CT molecular complexity index is 555. The third-order valence-corrected chi connectivity index (χ3v) is 3.35. The van der Waals surface area contributed by atoms with Gasteiger partial charge in [-0.1, -0.05) is 18.2 Å². The van der Waals surface area contributed by atoms with Gasteiger partial charge in [0.25, 0.3) is 0 Å². The third-order valence-electron chi connectivity index (χ3n) is 3.35. The summed E-state index contributed by atoms with van der Waals surface area (Å²) in [6, 6.07) is 13.9. The van der Waals surface area contributed by atoms with Gasteiger partial charge in [-0.3, -0.25) is 0 Å². The van der Waals surface area contributed by atoms with Crippen LogP contribution >= 0.6 is 0 Å². The van der Waals surface area contributed by atoms with Crippen molar-refractivity contribution in [1.29, 1.82) is 0 Å². The second kappa shape index (κ2) is 8.32. The number of benzene rings is 2. The molecule has 0 radical (unpaired) electrons. The first-order valence-corrected chi connectivity index (χ1v) is 7.75. The molecule has 3 nitrogen and oxygen atoms in total. The molecule has 0 fully saturated rings. The zero-order valence-electron chi connectivity index (χ0n) is 13.6. The van der Waals surface area contributed by atoms with Gasteiger partial charge in [0.2, 0.25) is 0 Å². The standard InChI is InChI=1S/C19H24O3/c1-4-20-17-9-11-18(12-10-17)21-13-6-14-22-19-15(2)7-5-8-16(19)3/h5,7-12H,4,6,13-14H2,1-3H3. The summed E-state index contributed by atoms with van der Waals surface area (Å²) in [4.78, 5) is 0. The van der Waals surface area contributed by atoms with Crippen LogP contribution in [-0.2, 0) is 0 Å². The van der Waals surface area contributed by atoms with Crippen LogP contribution in [0.1, 0.15) is 24.5 Å². The van der Waals surface area contributed by atoms with Crippen LogP contribution in [-0.4, -0.2) is 19.8 Å². The van der Waals surface area contributed by atoms with Gasteiger partial charge in [-0.15, -0.1) is 0 Å². The van der Waals surface area contributed by atoms with E-state index < -0.39 is 0 Å². The van der Waals surface area contributed by atoms with Gasteiger partial charge in [0, 0.05) is 6.42 Å². The highest BCUT2D eigenvalue weighted by Gasteiger charge is 2.03. The van der Waals surface area contributed by atoms with Crippen molar-refractivity contribution in [3.8, 4) is 17.2 Å². The summed E-state index contributed by atoms with van der Waals surface area (Å²) >= 11 is 0. The second-order valence-electron chi connectivity index (χ2n) is 5.18. The van der Waals surface area contributed by atoms with E-state index in [1.807, 2.05) is 37.3 Å². The SMILES string of the molecule is CCOc1ccc(OCCCOc2c(C)cccc2C)cc1. The fraction of sp³-hybridized carbons (Fsp3) is 0.368. The van der Waals surface area contributed by atoms with E-state index in [4.69, 9.17) is 14.2 Å². The number of para-hydroxylation sites is 1. The lowest BCUT2D eigenvalue weighted by Gasteiger charge is -2.12. The van der Waals surface area contributed by atoms with Crippen LogP contribution in [0.25, 0.3) is 0 Å². The Kier molecular flexibility index (Phi) is 6.13. The summed E-state index contributed by atoms with van der Waals surface area (Å²) in [6.07, 6.45) is 0.848. The van der Waals surface area contributed by atoms with Crippen LogP contribution in [0.3, 0.4) is 0 Å². The van der Waals surface area contributed by atoms with Gasteiger partial charge in [0.15, 0.2) is 0 Å². The molecule has 0 aliphatic carbocycles. The minimum absolute atomic E-state index is 0.638. The normalized spacial score (nSPS) is 10.3. The van der Waals surface area contributed by atoms with Crippen molar-refractivity contribution in [2.24, 2.45) is 0 Å². The van der Waals surface area contributed by atoms with E-state index in [-0.39, 0.29) is 0 Å². The molecule has 0 saturated carbocycles. The monoisotopic (exact) mass is 300 g/mol. The molecule has 3 heteroatoms. The quantitative estimate of drug-likeness (QED) is 0.669. The van der Waals surface area contributed by atoms with Crippen LogP contribution in [0.2, 0.25) is 0 Å². The minimum Gasteiger partial charge on any atom is -0.494 e. The summed E-state index contributed by atoms with van der Waals surface area (Å²) in [5.41, 5.74) is 2.35. The topological polar surface area (TPSA) is 27.7 Å². The lowest BCUT2D eigenvalue weighted by atomic mass is 10.1. The predicted octanol–water partition coefficient (Wildman–Crippen LogP) is 4.55. The molecule has 0 spiro atoms. The lowest BCUT2D eigenvalue weighted by molar-refractivity contribution is 0.245. The first-order chi connectivity index (χ1) is 10.7. The average Bonchev–Trinajstić information content (AvgIpc) is 2.51. The zero-order chi connectivity index (χ0) is 15.8. The maximum absolute atomic E-state index is 5.86. The fourth-order valence-electron chi connectivity index (χ4n) is 2.25. The number of hydrogen-bond donors (Lipinski definition) is 0. The summed E-state index contributed by atoms with van der Waals surface area (Å²) in [5.74, 6) is 2.72. The third kappa shape index (κ3) is 4.69. The number of rotatable bonds is 8. The summed E-state index contributed by atoms with van der Waals surface area (Å²) in [6.45, 7) is 8.08. The van der Waals surface area contributed by atoms with E-state index in [2.05, 4.69) is 26.0 Å². The Morgan fingerprint density at radius 2 is 1.27 bits per heavy atom. The molecule has 0 saturated heterocycles. The molecule has 0 heterocycles. The molecule has 0 amide bonds. The molecule has 0 aliphatic heterocycles. The Morgan fingerprint density at radius 1 is 0.727 bits per heavy atom. The molecule has 0 atom stereocenters. The van der Waals surface area contributed by atoms with Gasteiger partial charge in [-0.2, -0.15) is 0 Å². The van der Waals surface area contributed by atoms with Crippen LogP contribution in [0.15, 0.2) is 42.5 Å². The zero-order valence-corrected chi connectivity index (χ0v) is 13.6. The second-order valence-corrected chi connectivity index (χ2v) is 5.18. The minimum atomic E-state index is 0.638. The molecule has 0 N–H and O–H groups in total. The van der Waals surface area contributed by atoms with Crippen molar-refractivity contribution in [3.63, 3.8) is 0 Å². The Balaban J connectivity index is 1.71. The Labute approximate surface area is 132 Å². The van der Waals surface area contributed by atoms with Crippen molar-refractivity contribution in [3.05, 3.63) is 53.6 Å². The van der Waals surface area contributed by atoms with Gasteiger partial charge >= 0.3 is 0 Å². The van der Waals surface area contributed by atoms with E-state index in [0.29, 0.717) is 19.8 Å². The first kappa shape index (κ1) is 16.2. The molecule has 0 unspecified atom stereocenters. The molecule has 2 aromatic rings. The summed E-state index contributed by atoms with van der Waals surface area (Å²) in [7, 11) is 0. The van der Waals surface area contributed by atoms with Crippen molar-refractivity contribution >= 4 is 0 Å². The summed E-state index contributed by atoms with van der Waals surface area (Å²) in [5, 5.41) is 0. The fourth-order valence-corrected chi connectivity index (χ4v) is 2.25. The van der Waals surface area contributed by atoms with Crippen molar-refractivity contribution in [2.45, 2.75) is 27.2 Å². The van der Waals surface area contributed by atoms with E-state index in [9.17, 15) is 0 Å². The maximum atomic E-state index is 5.86. The molecule has 2 aromatic carbocycles. The highest BCUT2D eigenvalue weighted by atomic mass is 16.5. The van der Waals surface area contributed by atoms with Gasteiger partial charge in [-0.25, -0.2) is 0 Å². The number of aryl methyl sites for hydroxylation is 2. The van der Waals surface area contributed by atoms with Crippen molar-refractivity contribution < 1.29 is 14.2 Å². The average molecular weight is 300 g/mol. The van der Waals surface area contributed by atoms with Crippen LogP contribution in [0.4, 0.5) is 0 Å². The molecule has 22 heavy (non-hydrogen) atoms. The van der Waals surface area contributed by atoms with E-state index in [1.165, 1.54) is 11.1 Å². The maximum Gasteiger partial charge on any atom is 0.125 e. The van der Waals surface area contributed by atoms with Gasteiger partial charge < -0.3 is 14.2 Å². The molecule has 0 bridgehead atoms. The van der Waals surface area contributed by atoms with Gasteiger partial charge in [0.1, 0.15) is 17.2 Å². The van der Waals surface area contributed by atoms with Crippen LogP contribution in [0, 0.1) is 13.8 Å². The van der Waals surface area contributed by atoms with Crippen molar-refractivity contribution in [2.75, 3.05) is 19.8 Å². The predicted molar refractivity (Wildman–Crippen MR) is 89.1 cm³/mol. The highest BCUT2D eigenvalue weighted by molar-refractivity contribution is 5.39. The van der Waals surface area contributed by atoms with Crippen LogP contribution < -0.4 is 14.2 Å². The highest BCUT2D eigenvalue weighted by Crippen LogP contribution is 2.22. The molecule has 0 aromatic heterocycles. The molecular formula is C19H24O3. The first-order valence-electron chi connectivity index (χ1n) is 7.75. The Morgan fingerprint density at radius 3 is 1.86 bits per heavy atom. The van der Waals surface area contributed by atoms with Gasteiger partial charge in [-0.05, 0) is 56.2 Å². The Hall–Kier alpha value is -2.16. The number of ether oxygens (including phenoxy) is 3. The largest absolute Gasteiger partial charge is 0.494 e. The van der Waals surface area contributed by atoms with Crippen LogP contribution in [0.5, 0.6) is 17.2 Å². The van der Waals surface area contributed by atoms with Gasteiger partial charge in [0.05, 0.1) is 19.8 Å². The summed E-state index contributed by atoms with van der Waals surface area (Å²) < 4.78 is 17.0. The molecule has 2 rings (SSSR count). The lowest BCUT2D eigenvalue weighted by Crippen LogP contribution is -2.06. The van der Waals surface area contributed by atoms with Crippen molar-refractivity contribution in [1.82, 2.24) is 0 Å². The molecule has 118 valence electrons. The smallest absolute Gasteiger partial charge is 0.125 e. The molecule has 0 aliphatic rings. The number of hydrogen-bond acceptors (Lipinski definition) is 3.